The summed E-state index contributed by atoms with van der Waals surface area (Å²) in [4.78, 5) is 37.2. The molecular weight excluding hydrogens is 214 g/mol. The van der Waals surface area contributed by atoms with Gasteiger partial charge in [-0.1, -0.05) is 6.07 Å². The number of hydrogen-bond donors (Lipinski definition) is 1. The van der Waals surface area contributed by atoms with Crippen molar-refractivity contribution < 1.29 is 19.5 Å². The van der Waals surface area contributed by atoms with Crippen LogP contribution in [-0.2, 0) is 9.59 Å². The van der Waals surface area contributed by atoms with Crippen LogP contribution in [0.25, 0.3) is 0 Å². The van der Waals surface area contributed by atoms with Crippen molar-refractivity contribution in [2.24, 2.45) is 0 Å². The number of carboxylic acids is 1. The number of pyridine rings is 1. The van der Waals surface area contributed by atoms with Gasteiger partial charge in [0.2, 0.25) is 0 Å². The van der Waals surface area contributed by atoms with Crippen LogP contribution < -0.4 is 10.4 Å². The van der Waals surface area contributed by atoms with Gasteiger partial charge >= 0.3 is 11.9 Å². The summed E-state index contributed by atoms with van der Waals surface area (Å²) in [5.41, 5.74) is -0.450. The number of carbonyl (C=O) groups is 2. The highest BCUT2D eigenvalue weighted by atomic mass is 16.7. The standard InChI is InChI=1S/C10H11NO5/c12-8-4-1-2-7-11(8)16-10(15)6-3-5-9(13)14/h1-2,4,7H,3,5-6H2,(H,13,14). The Hall–Kier alpha value is -2.11. The van der Waals surface area contributed by atoms with Crippen molar-refractivity contribution in [2.75, 3.05) is 0 Å². The smallest absolute Gasteiger partial charge is 0.333 e. The SMILES string of the molecule is O=C(O)CCCC(=O)On1ccccc1=O. The lowest BCUT2D eigenvalue weighted by atomic mass is 10.2. The molecule has 0 atom stereocenters. The molecule has 0 amide bonds. The van der Waals surface area contributed by atoms with E-state index in [9.17, 15) is 14.4 Å². The van der Waals surface area contributed by atoms with Gasteiger partial charge in [0.15, 0.2) is 0 Å². The summed E-state index contributed by atoms with van der Waals surface area (Å²) >= 11 is 0. The van der Waals surface area contributed by atoms with E-state index in [2.05, 4.69) is 0 Å². The molecule has 0 saturated heterocycles. The maximum absolute atomic E-state index is 11.2. The molecule has 0 unspecified atom stereocenters. The fourth-order valence-electron chi connectivity index (χ4n) is 1.03. The zero-order valence-corrected chi connectivity index (χ0v) is 8.46. The lowest BCUT2D eigenvalue weighted by Crippen LogP contribution is -2.29. The number of nitrogens with zero attached hydrogens (tertiary/aromatic N) is 1. The molecule has 0 aromatic carbocycles. The van der Waals surface area contributed by atoms with E-state index in [4.69, 9.17) is 9.94 Å². The van der Waals surface area contributed by atoms with E-state index in [1.807, 2.05) is 0 Å². The third-order valence-electron chi connectivity index (χ3n) is 1.76. The maximum atomic E-state index is 11.2. The molecule has 16 heavy (non-hydrogen) atoms. The second kappa shape index (κ2) is 5.69. The van der Waals surface area contributed by atoms with Crippen LogP contribution in [0, 0.1) is 0 Å². The monoisotopic (exact) mass is 225 g/mol. The predicted octanol–water partition coefficient (Wildman–Crippen LogP) is 0.0584. The average Bonchev–Trinajstić information content (AvgIpc) is 2.21. The van der Waals surface area contributed by atoms with Gasteiger partial charge in [0.25, 0.3) is 5.56 Å². The molecule has 0 aliphatic rings. The summed E-state index contributed by atoms with van der Waals surface area (Å²) in [5.74, 6) is -1.60. The van der Waals surface area contributed by atoms with Crippen LogP contribution in [0.1, 0.15) is 19.3 Å². The highest BCUT2D eigenvalue weighted by molar-refractivity contribution is 5.71. The van der Waals surface area contributed by atoms with E-state index in [1.165, 1.54) is 18.3 Å². The minimum atomic E-state index is -0.968. The van der Waals surface area contributed by atoms with Gasteiger partial charge in [-0.15, -0.1) is 4.73 Å². The molecule has 0 radical (unpaired) electrons. The molecule has 0 bridgehead atoms. The maximum Gasteiger partial charge on any atom is 0.333 e. The Kier molecular flexibility index (Phi) is 4.26. The molecule has 86 valence electrons. The second-order valence-electron chi connectivity index (χ2n) is 3.08. The summed E-state index contributed by atoms with van der Waals surface area (Å²) in [5, 5.41) is 8.35. The highest BCUT2D eigenvalue weighted by Gasteiger charge is 2.06. The Balaban J connectivity index is 2.43. The van der Waals surface area contributed by atoms with E-state index in [0.29, 0.717) is 0 Å². The average molecular weight is 225 g/mol. The zero-order chi connectivity index (χ0) is 12.0. The summed E-state index contributed by atoms with van der Waals surface area (Å²) in [7, 11) is 0. The van der Waals surface area contributed by atoms with Gasteiger partial charge in [0.05, 0.1) is 0 Å². The van der Waals surface area contributed by atoms with Crippen molar-refractivity contribution in [2.45, 2.75) is 19.3 Å². The van der Waals surface area contributed by atoms with Crippen LogP contribution in [0.5, 0.6) is 0 Å². The molecule has 0 fully saturated rings. The molecule has 1 N–H and O–H groups in total. The first-order valence-electron chi connectivity index (χ1n) is 4.70. The summed E-state index contributed by atoms with van der Waals surface area (Å²) in [6.07, 6.45) is 1.37. The first-order chi connectivity index (χ1) is 7.59. The fourth-order valence-corrected chi connectivity index (χ4v) is 1.03. The number of rotatable bonds is 5. The van der Waals surface area contributed by atoms with Crippen LogP contribution in [0.3, 0.4) is 0 Å². The Morgan fingerprint density at radius 2 is 2.06 bits per heavy atom. The molecule has 0 spiro atoms. The van der Waals surface area contributed by atoms with E-state index in [-0.39, 0.29) is 19.3 Å². The molecular formula is C10H11NO5. The number of hydrogen-bond acceptors (Lipinski definition) is 4. The third-order valence-corrected chi connectivity index (χ3v) is 1.76. The van der Waals surface area contributed by atoms with Gasteiger partial charge in [-0.05, 0) is 12.5 Å². The van der Waals surface area contributed by atoms with Crippen LogP contribution in [0.4, 0.5) is 0 Å². The van der Waals surface area contributed by atoms with Gasteiger partial charge in [-0.3, -0.25) is 9.59 Å². The van der Waals surface area contributed by atoms with Gasteiger partial charge in [0.1, 0.15) is 0 Å². The van der Waals surface area contributed by atoms with E-state index >= 15 is 0 Å². The number of aromatic nitrogens is 1. The van der Waals surface area contributed by atoms with Crippen molar-refractivity contribution in [1.82, 2.24) is 4.73 Å². The van der Waals surface area contributed by atoms with Gasteiger partial charge in [-0.25, -0.2) is 4.79 Å². The van der Waals surface area contributed by atoms with E-state index in [1.54, 1.807) is 6.07 Å². The molecule has 1 aromatic rings. The van der Waals surface area contributed by atoms with E-state index < -0.39 is 17.5 Å². The van der Waals surface area contributed by atoms with Crippen LogP contribution >= 0.6 is 0 Å². The normalized spacial score (nSPS) is 9.75. The molecule has 0 aliphatic heterocycles. The Morgan fingerprint density at radius 1 is 1.31 bits per heavy atom. The fraction of sp³-hybridized carbons (Fsp3) is 0.300. The summed E-state index contributed by atoms with van der Waals surface area (Å²) in [6.45, 7) is 0. The molecule has 1 heterocycles. The minimum absolute atomic E-state index is 0.0341. The van der Waals surface area contributed by atoms with Gasteiger partial charge in [-0.2, -0.15) is 0 Å². The molecule has 1 rings (SSSR count). The summed E-state index contributed by atoms with van der Waals surface area (Å²) in [6, 6.07) is 4.33. The van der Waals surface area contributed by atoms with Crippen LogP contribution in [0.15, 0.2) is 29.2 Å². The minimum Gasteiger partial charge on any atom is -0.481 e. The van der Waals surface area contributed by atoms with Gasteiger partial charge < -0.3 is 9.94 Å². The van der Waals surface area contributed by atoms with Crippen molar-refractivity contribution in [3.63, 3.8) is 0 Å². The van der Waals surface area contributed by atoms with E-state index in [0.717, 1.165) is 4.73 Å². The lowest BCUT2D eigenvalue weighted by molar-refractivity contribution is -0.145. The predicted molar refractivity (Wildman–Crippen MR) is 53.8 cm³/mol. The lowest BCUT2D eigenvalue weighted by Gasteiger charge is -2.04. The first kappa shape index (κ1) is 12.0. The molecule has 0 saturated carbocycles. The van der Waals surface area contributed by atoms with Crippen molar-refractivity contribution in [1.29, 1.82) is 0 Å². The van der Waals surface area contributed by atoms with Crippen molar-refractivity contribution >= 4 is 11.9 Å². The topological polar surface area (TPSA) is 85.6 Å². The number of aliphatic carboxylic acids is 1. The quantitative estimate of drug-likeness (QED) is 0.765. The Labute approximate surface area is 91.0 Å². The van der Waals surface area contributed by atoms with Crippen LogP contribution in [0.2, 0.25) is 0 Å². The molecule has 6 heteroatoms. The molecule has 1 aromatic heterocycles. The Morgan fingerprint density at radius 3 is 2.69 bits per heavy atom. The highest BCUT2D eigenvalue weighted by Crippen LogP contribution is 1.95. The summed E-state index contributed by atoms with van der Waals surface area (Å²) < 4.78 is 0.809. The third kappa shape index (κ3) is 3.95. The number of carboxylic acid groups (broad SMARTS) is 1. The van der Waals surface area contributed by atoms with Crippen LogP contribution in [-0.4, -0.2) is 21.8 Å². The van der Waals surface area contributed by atoms with Crippen molar-refractivity contribution in [3.8, 4) is 0 Å². The first-order valence-corrected chi connectivity index (χ1v) is 4.70. The zero-order valence-electron chi connectivity index (χ0n) is 8.46. The largest absolute Gasteiger partial charge is 0.481 e. The van der Waals surface area contributed by atoms with Gasteiger partial charge in [0, 0.05) is 25.1 Å². The molecule has 0 aliphatic carbocycles. The Bertz CT molecular complexity index is 437. The second-order valence-corrected chi connectivity index (χ2v) is 3.08. The van der Waals surface area contributed by atoms with Crippen molar-refractivity contribution in [3.05, 3.63) is 34.7 Å². The molecule has 6 nitrogen and oxygen atoms in total. The number of carbonyl (C=O) groups excluding carboxylic acids is 1.